The van der Waals surface area contributed by atoms with Crippen molar-refractivity contribution >= 4 is 27.4 Å². The molecule has 7 nitrogen and oxygen atoms in total. The molecule has 144 valence electrons. The molecule has 1 heterocycles. The van der Waals surface area contributed by atoms with Gasteiger partial charge in [-0.2, -0.15) is 0 Å². The number of carbonyl (C=O) groups is 1. The van der Waals surface area contributed by atoms with Crippen molar-refractivity contribution in [1.29, 1.82) is 0 Å². The number of hydrogen-bond donors (Lipinski definition) is 0. The third-order valence-electron chi connectivity index (χ3n) is 3.66. The van der Waals surface area contributed by atoms with Gasteiger partial charge < -0.3 is 9.47 Å². The Morgan fingerprint density at radius 3 is 2.32 bits per heavy atom. The molecule has 0 aliphatic heterocycles. The number of benzene rings is 2. The molecule has 1 aromatic heterocycles. The minimum absolute atomic E-state index is 0.114. The normalized spacial score (nSPS) is 11.1. The zero-order valence-electron chi connectivity index (χ0n) is 14.7. The number of rotatable bonds is 6. The smallest absolute Gasteiger partial charge is 0.364 e. The van der Waals surface area contributed by atoms with Gasteiger partial charge in [0.05, 0.1) is 24.1 Å². The lowest BCUT2D eigenvalue weighted by Gasteiger charge is -2.08. The molecule has 0 saturated heterocycles. The molecule has 28 heavy (non-hydrogen) atoms. The van der Waals surface area contributed by atoms with E-state index in [1.54, 1.807) is 42.5 Å². The Labute approximate surface area is 166 Å². The highest BCUT2D eigenvalue weighted by Crippen LogP contribution is 2.21. The summed E-state index contributed by atoms with van der Waals surface area (Å²) in [6.45, 7) is 0. The lowest BCUT2D eigenvalue weighted by Crippen LogP contribution is -2.16. The fraction of sp³-hybridized carbons (Fsp3) is 0.105. The summed E-state index contributed by atoms with van der Waals surface area (Å²) in [5, 5.41) is -0.611. The molecule has 3 rings (SSSR count). The van der Waals surface area contributed by atoms with E-state index in [-0.39, 0.29) is 22.2 Å². The standard InChI is InChI=1S/C19H15ClN2O5S/c1-26-14-7-9-15(10-8-14)27-18(23)17-16(20)11-21-19(22-17)28(24,25)12-13-5-3-2-4-6-13/h2-11H,12H2,1H3. The second-order valence-corrected chi connectivity index (χ2v) is 7.95. The maximum Gasteiger partial charge on any atom is 0.364 e. The summed E-state index contributed by atoms with van der Waals surface area (Å²) in [7, 11) is -2.36. The van der Waals surface area contributed by atoms with E-state index in [4.69, 9.17) is 21.1 Å². The number of nitrogens with zero attached hydrogens (tertiary/aromatic N) is 2. The molecule has 0 spiro atoms. The van der Waals surface area contributed by atoms with Crippen LogP contribution in [0, 0.1) is 0 Å². The number of ether oxygens (including phenoxy) is 2. The molecule has 0 unspecified atom stereocenters. The summed E-state index contributed by atoms with van der Waals surface area (Å²) < 4.78 is 35.4. The molecule has 0 saturated carbocycles. The molecule has 0 amide bonds. The van der Waals surface area contributed by atoms with Crippen LogP contribution in [0.25, 0.3) is 0 Å². The first kappa shape index (κ1) is 19.8. The molecule has 0 atom stereocenters. The van der Waals surface area contributed by atoms with Crippen LogP contribution < -0.4 is 9.47 Å². The SMILES string of the molecule is COc1ccc(OC(=O)c2nc(S(=O)(=O)Cc3ccccc3)ncc2Cl)cc1. The van der Waals surface area contributed by atoms with Crippen molar-refractivity contribution in [3.63, 3.8) is 0 Å². The Bertz CT molecular complexity index is 1090. The fourth-order valence-corrected chi connectivity index (χ4v) is 3.67. The summed E-state index contributed by atoms with van der Waals surface area (Å²) >= 11 is 5.97. The van der Waals surface area contributed by atoms with Crippen LogP contribution in [0.15, 0.2) is 66.0 Å². The summed E-state index contributed by atoms with van der Waals surface area (Å²) in [4.78, 5) is 20.0. The second-order valence-electron chi connectivity index (χ2n) is 5.66. The number of carbonyl (C=O) groups excluding carboxylic acids is 1. The average molecular weight is 419 g/mol. The van der Waals surface area contributed by atoms with Crippen molar-refractivity contribution in [2.24, 2.45) is 0 Å². The number of sulfone groups is 1. The van der Waals surface area contributed by atoms with Crippen molar-refractivity contribution in [2.75, 3.05) is 7.11 Å². The first-order valence-corrected chi connectivity index (χ1v) is 10.1. The monoisotopic (exact) mass is 418 g/mol. The third-order valence-corrected chi connectivity index (χ3v) is 5.41. The Kier molecular flexibility index (Phi) is 5.91. The van der Waals surface area contributed by atoms with E-state index in [0.717, 1.165) is 6.20 Å². The Balaban J connectivity index is 1.84. The van der Waals surface area contributed by atoms with E-state index < -0.39 is 21.0 Å². The average Bonchev–Trinajstić information content (AvgIpc) is 2.69. The van der Waals surface area contributed by atoms with Gasteiger partial charge in [0.1, 0.15) is 11.5 Å². The highest BCUT2D eigenvalue weighted by atomic mass is 35.5. The van der Waals surface area contributed by atoms with Crippen LogP contribution in [0.2, 0.25) is 5.02 Å². The molecule has 9 heteroatoms. The number of hydrogen-bond acceptors (Lipinski definition) is 7. The van der Waals surface area contributed by atoms with Gasteiger partial charge >= 0.3 is 5.97 Å². The molecule has 0 aliphatic rings. The lowest BCUT2D eigenvalue weighted by atomic mass is 10.2. The van der Waals surface area contributed by atoms with Crippen molar-refractivity contribution < 1.29 is 22.7 Å². The molecule has 0 bridgehead atoms. The first-order chi connectivity index (χ1) is 13.4. The van der Waals surface area contributed by atoms with E-state index in [9.17, 15) is 13.2 Å². The lowest BCUT2D eigenvalue weighted by molar-refractivity contribution is 0.0727. The first-order valence-electron chi connectivity index (χ1n) is 8.04. The molecule has 3 aromatic rings. The maximum atomic E-state index is 12.6. The molecule has 0 fully saturated rings. The minimum atomic E-state index is -3.87. The minimum Gasteiger partial charge on any atom is -0.497 e. The summed E-state index contributed by atoms with van der Waals surface area (Å²) in [6, 6.07) is 14.9. The van der Waals surface area contributed by atoms with Gasteiger partial charge in [0, 0.05) is 0 Å². The zero-order valence-corrected chi connectivity index (χ0v) is 16.3. The van der Waals surface area contributed by atoms with Gasteiger partial charge in [-0.05, 0) is 29.8 Å². The predicted molar refractivity (Wildman–Crippen MR) is 102 cm³/mol. The molecular formula is C19H15ClN2O5S. The van der Waals surface area contributed by atoms with Gasteiger partial charge in [-0.3, -0.25) is 0 Å². The third kappa shape index (κ3) is 4.65. The van der Waals surface area contributed by atoms with Crippen LogP contribution >= 0.6 is 11.6 Å². The predicted octanol–water partition coefficient (Wildman–Crippen LogP) is 3.33. The van der Waals surface area contributed by atoms with Crippen LogP contribution in [0.1, 0.15) is 16.1 Å². The van der Waals surface area contributed by atoms with Gasteiger partial charge in [-0.15, -0.1) is 0 Å². The second kappa shape index (κ2) is 8.37. The Morgan fingerprint density at radius 1 is 1.04 bits per heavy atom. The molecule has 2 aromatic carbocycles. The van der Waals surface area contributed by atoms with Crippen LogP contribution in [0.3, 0.4) is 0 Å². The molecule has 0 N–H and O–H groups in total. The molecule has 0 radical (unpaired) electrons. The van der Waals surface area contributed by atoms with Crippen LogP contribution in [-0.4, -0.2) is 31.5 Å². The summed E-state index contributed by atoms with van der Waals surface area (Å²) in [5.74, 6) is -0.375. The largest absolute Gasteiger partial charge is 0.497 e. The van der Waals surface area contributed by atoms with Crippen LogP contribution in [0.5, 0.6) is 11.5 Å². The fourth-order valence-electron chi connectivity index (χ4n) is 2.30. The highest BCUT2D eigenvalue weighted by Gasteiger charge is 2.24. The quantitative estimate of drug-likeness (QED) is 0.344. The van der Waals surface area contributed by atoms with Crippen LogP contribution in [0.4, 0.5) is 0 Å². The van der Waals surface area contributed by atoms with Gasteiger partial charge in [0.25, 0.3) is 0 Å². The molecule has 0 aliphatic carbocycles. The van der Waals surface area contributed by atoms with Crippen molar-refractivity contribution in [1.82, 2.24) is 9.97 Å². The summed E-state index contributed by atoms with van der Waals surface area (Å²) in [6.07, 6.45) is 1.07. The van der Waals surface area contributed by atoms with Crippen molar-refractivity contribution in [3.8, 4) is 11.5 Å². The zero-order chi connectivity index (χ0) is 20.1. The highest BCUT2D eigenvalue weighted by molar-refractivity contribution is 7.90. The van der Waals surface area contributed by atoms with E-state index in [2.05, 4.69) is 9.97 Å². The van der Waals surface area contributed by atoms with Crippen molar-refractivity contribution in [2.45, 2.75) is 10.9 Å². The topological polar surface area (TPSA) is 95.5 Å². The number of halogens is 1. The summed E-state index contributed by atoms with van der Waals surface area (Å²) in [5.41, 5.74) is 0.238. The van der Waals surface area contributed by atoms with E-state index in [1.807, 2.05) is 0 Å². The maximum absolute atomic E-state index is 12.6. The van der Waals surface area contributed by atoms with Gasteiger partial charge in [0.15, 0.2) is 5.69 Å². The number of methoxy groups -OCH3 is 1. The Hall–Kier alpha value is -2.97. The van der Waals surface area contributed by atoms with E-state index in [0.29, 0.717) is 11.3 Å². The molecular weight excluding hydrogens is 404 g/mol. The van der Waals surface area contributed by atoms with Crippen LogP contribution in [-0.2, 0) is 15.6 Å². The van der Waals surface area contributed by atoms with Crippen molar-refractivity contribution in [3.05, 3.63) is 77.1 Å². The van der Waals surface area contributed by atoms with Gasteiger partial charge in [0.2, 0.25) is 15.0 Å². The van der Waals surface area contributed by atoms with E-state index in [1.165, 1.54) is 19.2 Å². The van der Waals surface area contributed by atoms with E-state index >= 15 is 0 Å². The number of aromatic nitrogens is 2. The number of esters is 1. The van der Waals surface area contributed by atoms with Gasteiger partial charge in [-0.1, -0.05) is 41.9 Å². The Morgan fingerprint density at radius 2 is 1.68 bits per heavy atom. The van der Waals surface area contributed by atoms with Gasteiger partial charge in [-0.25, -0.2) is 23.2 Å².